The molecular weight excluding hydrogens is 206 g/mol. The van der Waals surface area contributed by atoms with E-state index in [0.29, 0.717) is 6.07 Å². The summed E-state index contributed by atoms with van der Waals surface area (Å²) >= 11 is 0. The molecule has 0 spiro atoms. The summed E-state index contributed by atoms with van der Waals surface area (Å²) in [4.78, 5) is 0. The van der Waals surface area contributed by atoms with Gasteiger partial charge in [-0.15, -0.1) is 13.2 Å². The van der Waals surface area contributed by atoms with Crippen LogP contribution in [0.4, 0.5) is 23.2 Å². The molecule has 3 nitrogen and oxygen atoms in total. The highest BCUT2D eigenvalue weighted by atomic mass is 19.4. The molecule has 1 aromatic rings. The van der Waals surface area contributed by atoms with Crippen molar-refractivity contribution < 1.29 is 27.4 Å². The first-order valence-electron chi connectivity index (χ1n) is 3.34. The normalized spacial score (nSPS) is 11.4. The van der Waals surface area contributed by atoms with Gasteiger partial charge in [0, 0.05) is 0 Å². The lowest BCUT2D eigenvalue weighted by Crippen LogP contribution is -2.18. The number of anilines is 1. The predicted octanol–water partition coefficient (Wildman–Crippen LogP) is 2.01. The first kappa shape index (κ1) is 10.4. The minimum Gasteiger partial charge on any atom is -0.503 e. The molecule has 7 heteroatoms. The Morgan fingerprint density at radius 1 is 1.29 bits per heavy atom. The van der Waals surface area contributed by atoms with Crippen LogP contribution in [0.1, 0.15) is 0 Å². The van der Waals surface area contributed by atoms with Gasteiger partial charge in [-0.3, -0.25) is 0 Å². The Morgan fingerprint density at radius 3 is 2.36 bits per heavy atom. The van der Waals surface area contributed by atoms with Crippen molar-refractivity contribution in [3.8, 4) is 11.5 Å². The van der Waals surface area contributed by atoms with Crippen LogP contribution in [0, 0.1) is 5.82 Å². The summed E-state index contributed by atoms with van der Waals surface area (Å²) in [7, 11) is 0. The molecule has 0 aliphatic rings. The number of nitrogens with two attached hydrogens (primary N) is 1. The molecule has 0 saturated heterocycles. The Morgan fingerprint density at radius 2 is 1.86 bits per heavy atom. The summed E-state index contributed by atoms with van der Waals surface area (Å²) in [5.74, 6) is -3.73. The molecule has 0 unspecified atom stereocenters. The highest BCUT2D eigenvalue weighted by Crippen LogP contribution is 2.37. The zero-order chi connectivity index (χ0) is 10.9. The Hall–Kier alpha value is -1.66. The molecule has 14 heavy (non-hydrogen) atoms. The Bertz CT molecular complexity index is 350. The van der Waals surface area contributed by atoms with E-state index in [2.05, 4.69) is 4.74 Å². The van der Waals surface area contributed by atoms with Crippen molar-refractivity contribution in [2.75, 3.05) is 5.73 Å². The number of alkyl halides is 3. The summed E-state index contributed by atoms with van der Waals surface area (Å²) in [6.07, 6.45) is -5.08. The van der Waals surface area contributed by atoms with Crippen LogP contribution in [-0.2, 0) is 0 Å². The van der Waals surface area contributed by atoms with Gasteiger partial charge in [0.1, 0.15) is 0 Å². The molecule has 78 valence electrons. The number of hydrogen-bond acceptors (Lipinski definition) is 3. The van der Waals surface area contributed by atoms with E-state index >= 15 is 0 Å². The van der Waals surface area contributed by atoms with Crippen molar-refractivity contribution >= 4 is 5.69 Å². The van der Waals surface area contributed by atoms with Crippen LogP contribution < -0.4 is 10.5 Å². The second kappa shape index (κ2) is 3.24. The average molecular weight is 211 g/mol. The van der Waals surface area contributed by atoms with E-state index in [-0.39, 0.29) is 0 Å². The fourth-order valence-electron chi connectivity index (χ4n) is 0.775. The molecule has 0 aliphatic heterocycles. The van der Waals surface area contributed by atoms with Gasteiger partial charge in [0.2, 0.25) is 5.75 Å². The predicted molar refractivity (Wildman–Crippen MR) is 39.2 cm³/mol. The smallest absolute Gasteiger partial charge is 0.503 e. The molecule has 1 rings (SSSR count). The van der Waals surface area contributed by atoms with E-state index in [1.54, 1.807) is 0 Å². The van der Waals surface area contributed by atoms with Crippen LogP contribution in [0.25, 0.3) is 0 Å². The van der Waals surface area contributed by atoms with Gasteiger partial charge in [0.05, 0.1) is 5.69 Å². The van der Waals surface area contributed by atoms with Crippen LogP contribution in [0.2, 0.25) is 0 Å². The van der Waals surface area contributed by atoms with Gasteiger partial charge in [-0.1, -0.05) is 0 Å². The third-order valence-electron chi connectivity index (χ3n) is 1.33. The second-order valence-electron chi connectivity index (χ2n) is 2.36. The molecule has 0 amide bonds. The molecular formula is C7H5F4NO2. The van der Waals surface area contributed by atoms with E-state index in [0.717, 1.165) is 6.07 Å². The Labute approximate surface area is 75.7 Å². The number of hydrogen-bond donors (Lipinski definition) is 2. The van der Waals surface area contributed by atoms with Gasteiger partial charge in [-0.2, -0.15) is 0 Å². The first-order chi connectivity index (χ1) is 6.31. The van der Waals surface area contributed by atoms with Crippen molar-refractivity contribution in [1.82, 2.24) is 0 Å². The second-order valence-corrected chi connectivity index (χ2v) is 2.36. The number of ether oxygens (including phenoxy) is 1. The minimum absolute atomic E-state index is 0.398. The molecule has 0 atom stereocenters. The van der Waals surface area contributed by atoms with Crippen LogP contribution in [0.3, 0.4) is 0 Å². The average Bonchev–Trinajstić information content (AvgIpc) is 2.04. The van der Waals surface area contributed by atoms with Gasteiger partial charge < -0.3 is 15.6 Å². The van der Waals surface area contributed by atoms with Gasteiger partial charge >= 0.3 is 6.36 Å². The molecule has 0 radical (unpaired) electrons. The third kappa shape index (κ3) is 2.18. The SMILES string of the molecule is Nc1ccc(F)c(OC(F)(F)F)c1O. The number of nitrogen functional groups attached to an aromatic ring is 1. The van der Waals surface area contributed by atoms with Crippen molar-refractivity contribution in [1.29, 1.82) is 0 Å². The van der Waals surface area contributed by atoms with E-state index in [4.69, 9.17) is 10.8 Å². The maximum atomic E-state index is 12.7. The maximum Gasteiger partial charge on any atom is 0.573 e. The van der Waals surface area contributed by atoms with Crippen LogP contribution in [0.5, 0.6) is 11.5 Å². The summed E-state index contributed by atoms with van der Waals surface area (Å²) in [5, 5.41) is 8.95. The monoisotopic (exact) mass is 211 g/mol. The first-order valence-corrected chi connectivity index (χ1v) is 3.34. The summed E-state index contributed by atoms with van der Waals surface area (Å²) in [6, 6.07) is 1.59. The van der Waals surface area contributed by atoms with Gasteiger partial charge in [0.15, 0.2) is 11.6 Å². The van der Waals surface area contributed by atoms with E-state index in [9.17, 15) is 17.6 Å². The molecule has 0 aliphatic carbocycles. The van der Waals surface area contributed by atoms with Crippen LogP contribution >= 0.6 is 0 Å². The molecule has 0 saturated carbocycles. The standard InChI is InChI=1S/C7H5F4NO2/c8-3-1-2-4(12)5(13)6(3)14-7(9,10)11/h1-2,13H,12H2. The van der Waals surface area contributed by atoms with Gasteiger partial charge in [0.25, 0.3) is 0 Å². The minimum atomic E-state index is -5.08. The molecule has 0 aromatic heterocycles. The van der Waals surface area contributed by atoms with Crippen molar-refractivity contribution in [3.63, 3.8) is 0 Å². The molecule has 0 bridgehead atoms. The highest BCUT2D eigenvalue weighted by Gasteiger charge is 2.34. The van der Waals surface area contributed by atoms with Crippen molar-refractivity contribution in [3.05, 3.63) is 17.9 Å². The zero-order valence-electron chi connectivity index (χ0n) is 6.60. The number of benzene rings is 1. The summed E-state index contributed by atoms with van der Waals surface area (Å²) in [5.41, 5.74) is 4.65. The fraction of sp³-hybridized carbons (Fsp3) is 0.143. The van der Waals surface area contributed by atoms with Gasteiger partial charge in [-0.05, 0) is 12.1 Å². The fourth-order valence-corrected chi connectivity index (χ4v) is 0.775. The molecule has 3 N–H and O–H groups in total. The van der Waals surface area contributed by atoms with Crippen LogP contribution in [-0.4, -0.2) is 11.5 Å². The lowest BCUT2D eigenvalue weighted by atomic mass is 10.2. The largest absolute Gasteiger partial charge is 0.573 e. The number of rotatable bonds is 1. The van der Waals surface area contributed by atoms with Crippen molar-refractivity contribution in [2.24, 2.45) is 0 Å². The molecule has 1 aromatic carbocycles. The highest BCUT2D eigenvalue weighted by molar-refractivity contribution is 5.59. The van der Waals surface area contributed by atoms with E-state index in [1.807, 2.05) is 0 Å². The lowest BCUT2D eigenvalue weighted by molar-refractivity contribution is -0.276. The third-order valence-corrected chi connectivity index (χ3v) is 1.33. The number of phenolic OH excluding ortho intramolecular Hbond substituents is 1. The Balaban J connectivity index is 3.13. The van der Waals surface area contributed by atoms with Gasteiger partial charge in [-0.25, -0.2) is 4.39 Å². The summed E-state index contributed by atoms with van der Waals surface area (Å²) in [6.45, 7) is 0. The van der Waals surface area contributed by atoms with E-state index in [1.165, 1.54) is 0 Å². The molecule has 0 heterocycles. The van der Waals surface area contributed by atoms with Crippen molar-refractivity contribution in [2.45, 2.75) is 6.36 Å². The van der Waals surface area contributed by atoms with Crippen LogP contribution in [0.15, 0.2) is 12.1 Å². The molecule has 0 fully saturated rings. The zero-order valence-corrected chi connectivity index (χ0v) is 6.60. The lowest BCUT2D eigenvalue weighted by Gasteiger charge is -2.11. The topological polar surface area (TPSA) is 55.5 Å². The summed E-state index contributed by atoms with van der Waals surface area (Å²) < 4.78 is 51.0. The number of halogens is 4. The quantitative estimate of drug-likeness (QED) is 0.424. The Kier molecular flexibility index (Phi) is 2.41. The van der Waals surface area contributed by atoms with E-state index < -0.39 is 29.4 Å². The number of aromatic hydroxyl groups is 1. The number of phenols is 1. The maximum absolute atomic E-state index is 12.7.